The molecule has 1 aromatic heterocycles. The minimum absolute atomic E-state index is 0.817. The second-order valence-electron chi connectivity index (χ2n) is 4.37. The number of nitrogens with zero attached hydrogens (tertiary/aromatic N) is 3. The number of aromatic nitrogens is 3. The summed E-state index contributed by atoms with van der Waals surface area (Å²) in [6, 6.07) is 10.3. The Morgan fingerprint density at radius 1 is 1.28 bits per heavy atom. The van der Waals surface area contributed by atoms with Gasteiger partial charge in [0, 0.05) is 19.2 Å². The van der Waals surface area contributed by atoms with Gasteiger partial charge in [0.25, 0.3) is 0 Å². The molecule has 0 bridgehead atoms. The minimum Gasteiger partial charge on any atom is -0.309 e. The summed E-state index contributed by atoms with van der Waals surface area (Å²) < 4.78 is 2.06. The van der Waals surface area contributed by atoms with Crippen LogP contribution in [0.5, 0.6) is 0 Å². The van der Waals surface area contributed by atoms with Crippen LogP contribution in [0.1, 0.15) is 18.3 Å². The maximum Gasteiger partial charge on any atom is 0.191 e. The third-order valence-electron chi connectivity index (χ3n) is 2.58. The zero-order valence-electron chi connectivity index (χ0n) is 10.8. The van der Waals surface area contributed by atoms with Gasteiger partial charge in [0.05, 0.1) is 0 Å². The molecule has 3 nitrogen and oxygen atoms in total. The van der Waals surface area contributed by atoms with Crippen molar-refractivity contribution in [2.24, 2.45) is 7.05 Å². The number of hydrogen-bond acceptors (Lipinski definition) is 3. The molecule has 0 aliphatic heterocycles. The fourth-order valence-electron chi connectivity index (χ4n) is 1.59. The summed E-state index contributed by atoms with van der Waals surface area (Å²) in [6.45, 7) is 5.92. The van der Waals surface area contributed by atoms with Gasteiger partial charge < -0.3 is 4.57 Å². The van der Waals surface area contributed by atoms with Crippen molar-refractivity contribution in [1.29, 1.82) is 0 Å². The molecule has 2 aromatic rings. The van der Waals surface area contributed by atoms with Crippen molar-refractivity contribution >= 4 is 11.8 Å². The van der Waals surface area contributed by atoms with Gasteiger partial charge in [-0.3, -0.25) is 0 Å². The average Bonchev–Trinajstić information content (AvgIpc) is 2.70. The molecule has 0 saturated carbocycles. The predicted octanol–water partition coefficient (Wildman–Crippen LogP) is 3.07. The van der Waals surface area contributed by atoms with E-state index >= 15 is 0 Å². The van der Waals surface area contributed by atoms with E-state index in [9.17, 15) is 0 Å². The Balaban J connectivity index is 2.08. The fraction of sp³-hybridized carbons (Fsp3) is 0.286. The summed E-state index contributed by atoms with van der Waals surface area (Å²) in [7, 11) is 2.01. The summed E-state index contributed by atoms with van der Waals surface area (Å²) in [4.78, 5) is 0. The third kappa shape index (κ3) is 3.23. The van der Waals surface area contributed by atoms with Crippen molar-refractivity contribution < 1.29 is 0 Å². The molecule has 0 amide bonds. The van der Waals surface area contributed by atoms with Crippen molar-refractivity contribution in [3.05, 3.63) is 53.9 Å². The average molecular weight is 259 g/mol. The number of benzene rings is 1. The zero-order valence-corrected chi connectivity index (χ0v) is 11.6. The molecular weight excluding hydrogens is 242 g/mol. The molecule has 0 atom stereocenters. The first kappa shape index (κ1) is 12.9. The van der Waals surface area contributed by atoms with Crippen LogP contribution >= 0.6 is 11.8 Å². The van der Waals surface area contributed by atoms with Crippen molar-refractivity contribution in [2.45, 2.75) is 18.5 Å². The molecular formula is C14H17N3S. The summed E-state index contributed by atoms with van der Waals surface area (Å²) in [5, 5.41) is 9.42. The normalized spacial score (nSPS) is 10.6. The third-order valence-corrected chi connectivity index (χ3v) is 3.83. The largest absolute Gasteiger partial charge is 0.309 e. The van der Waals surface area contributed by atoms with Crippen LogP contribution in [0.4, 0.5) is 0 Å². The smallest absolute Gasteiger partial charge is 0.191 e. The van der Waals surface area contributed by atoms with Gasteiger partial charge in [-0.15, -0.1) is 10.2 Å². The number of thioether (sulfide) groups is 1. The Morgan fingerprint density at radius 3 is 2.67 bits per heavy atom. The monoisotopic (exact) mass is 259 g/mol. The number of rotatable bonds is 5. The minimum atomic E-state index is 0.817. The van der Waals surface area contributed by atoms with E-state index in [1.807, 2.05) is 32.2 Å². The number of hydrogen-bond donors (Lipinski definition) is 0. The van der Waals surface area contributed by atoms with Crippen LogP contribution in [0.3, 0.4) is 0 Å². The molecule has 18 heavy (non-hydrogen) atoms. The highest BCUT2D eigenvalue weighted by Crippen LogP contribution is 2.18. The van der Waals surface area contributed by atoms with Gasteiger partial charge in [-0.2, -0.15) is 0 Å². The molecule has 0 radical (unpaired) electrons. The van der Waals surface area contributed by atoms with Crippen LogP contribution in [0, 0.1) is 0 Å². The Labute approximate surface area is 112 Å². The maximum atomic E-state index is 4.25. The van der Waals surface area contributed by atoms with E-state index in [0.717, 1.165) is 28.7 Å². The Hall–Kier alpha value is -1.55. The molecule has 0 aliphatic carbocycles. The van der Waals surface area contributed by atoms with Crippen molar-refractivity contribution in [2.75, 3.05) is 5.75 Å². The van der Waals surface area contributed by atoms with Gasteiger partial charge in [-0.1, -0.05) is 54.2 Å². The first-order valence-corrected chi connectivity index (χ1v) is 6.84. The van der Waals surface area contributed by atoms with Crippen LogP contribution in [0.15, 0.2) is 47.6 Å². The molecule has 1 heterocycles. The van der Waals surface area contributed by atoms with E-state index < -0.39 is 0 Å². The molecule has 4 heteroatoms. The lowest BCUT2D eigenvalue weighted by Gasteiger charge is -2.03. The van der Waals surface area contributed by atoms with Crippen molar-refractivity contribution in [3.63, 3.8) is 0 Å². The van der Waals surface area contributed by atoms with E-state index in [1.54, 1.807) is 11.8 Å². The molecule has 1 aromatic carbocycles. The van der Waals surface area contributed by atoms with Gasteiger partial charge in [0.2, 0.25) is 0 Å². The van der Waals surface area contributed by atoms with Crippen LogP contribution < -0.4 is 0 Å². The van der Waals surface area contributed by atoms with Crippen LogP contribution in [-0.2, 0) is 13.5 Å². The van der Waals surface area contributed by atoms with E-state index in [4.69, 9.17) is 0 Å². The molecule has 0 saturated heterocycles. The molecule has 94 valence electrons. The van der Waals surface area contributed by atoms with Gasteiger partial charge in [0.1, 0.15) is 5.82 Å². The fourth-order valence-corrected chi connectivity index (χ4v) is 2.36. The second-order valence-corrected chi connectivity index (χ2v) is 5.31. The lowest BCUT2D eigenvalue weighted by Crippen LogP contribution is -2.00. The van der Waals surface area contributed by atoms with Crippen molar-refractivity contribution in [1.82, 2.24) is 14.8 Å². The van der Waals surface area contributed by atoms with Gasteiger partial charge in [-0.05, 0) is 12.5 Å². The van der Waals surface area contributed by atoms with Gasteiger partial charge in [0.15, 0.2) is 5.16 Å². The SMILES string of the molecule is C=C(C)CSc1nnc(Cc2ccccc2)n1C. The molecule has 0 N–H and O–H groups in total. The molecule has 0 unspecified atom stereocenters. The highest BCUT2D eigenvalue weighted by Gasteiger charge is 2.09. The van der Waals surface area contributed by atoms with Gasteiger partial charge in [-0.25, -0.2) is 0 Å². The van der Waals surface area contributed by atoms with E-state index in [1.165, 1.54) is 5.56 Å². The Morgan fingerprint density at radius 2 is 2.00 bits per heavy atom. The topological polar surface area (TPSA) is 30.7 Å². The van der Waals surface area contributed by atoms with Crippen LogP contribution in [0.2, 0.25) is 0 Å². The zero-order chi connectivity index (χ0) is 13.0. The lowest BCUT2D eigenvalue weighted by atomic mass is 10.1. The maximum absolute atomic E-state index is 4.25. The van der Waals surface area contributed by atoms with E-state index in [2.05, 4.69) is 33.5 Å². The van der Waals surface area contributed by atoms with E-state index in [-0.39, 0.29) is 0 Å². The first-order chi connectivity index (χ1) is 8.66. The highest BCUT2D eigenvalue weighted by atomic mass is 32.2. The van der Waals surface area contributed by atoms with Crippen LogP contribution in [-0.4, -0.2) is 20.5 Å². The summed E-state index contributed by atoms with van der Waals surface area (Å²) in [6.07, 6.45) is 0.817. The lowest BCUT2D eigenvalue weighted by molar-refractivity contribution is 0.749. The molecule has 0 fully saturated rings. The summed E-state index contributed by atoms with van der Waals surface area (Å²) in [5.41, 5.74) is 2.40. The second kappa shape index (κ2) is 5.87. The van der Waals surface area contributed by atoms with Crippen LogP contribution in [0.25, 0.3) is 0 Å². The first-order valence-electron chi connectivity index (χ1n) is 5.86. The predicted molar refractivity (Wildman–Crippen MR) is 75.8 cm³/mol. The Bertz CT molecular complexity index is 531. The Kier molecular flexibility index (Phi) is 4.20. The molecule has 2 rings (SSSR count). The van der Waals surface area contributed by atoms with Gasteiger partial charge >= 0.3 is 0 Å². The summed E-state index contributed by atoms with van der Waals surface area (Å²) in [5.74, 6) is 1.88. The molecule has 0 spiro atoms. The standard InChI is InChI=1S/C14H17N3S/c1-11(2)10-18-14-16-15-13(17(14)3)9-12-7-5-4-6-8-12/h4-8H,1,9-10H2,2-3H3. The quantitative estimate of drug-likeness (QED) is 0.610. The highest BCUT2D eigenvalue weighted by molar-refractivity contribution is 7.99. The molecule has 0 aliphatic rings. The van der Waals surface area contributed by atoms with E-state index in [0.29, 0.717) is 0 Å². The van der Waals surface area contributed by atoms with Crippen molar-refractivity contribution in [3.8, 4) is 0 Å². The summed E-state index contributed by atoms with van der Waals surface area (Å²) >= 11 is 1.68.